The van der Waals surface area contributed by atoms with Gasteiger partial charge in [0.1, 0.15) is 0 Å². The van der Waals surface area contributed by atoms with Gasteiger partial charge in [0.25, 0.3) is 0 Å². The lowest BCUT2D eigenvalue weighted by Crippen LogP contribution is -2.32. The van der Waals surface area contributed by atoms with Crippen molar-refractivity contribution in [3.05, 3.63) is 60.9 Å². The van der Waals surface area contributed by atoms with Gasteiger partial charge in [0.15, 0.2) is 0 Å². The molecule has 0 aromatic rings. The van der Waals surface area contributed by atoms with E-state index in [-0.39, 0.29) is 0 Å². The third kappa shape index (κ3) is 4.58. The van der Waals surface area contributed by atoms with Crippen LogP contribution in [0.15, 0.2) is 0 Å². The first-order valence-corrected chi connectivity index (χ1v) is 9.75. The Kier molecular flexibility index (Phi) is 7.44. The summed E-state index contributed by atoms with van der Waals surface area (Å²) in [6.07, 6.45) is 13.2. The van der Waals surface area contributed by atoms with Crippen molar-refractivity contribution in [1.82, 2.24) is 9.80 Å². The molecule has 10 radical (unpaired) electrons. The van der Waals surface area contributed by atoms with Crippen molar-refractivity contribution in [3.8, 4) is 0 Å². The molecular weight excluding hydrogens is 308 g/mol. The molecule has 0 aromatic carbocycles. The molecule has 2 aliphatic rings. The molecule has 0 bridgehead atoms. The highest BCUT2D eigenvalue weighted by Crippen LogP contribution is 2.56. The SMILES string of the molecule is C[C@H]([C]1[CH][CH][CH][C]1SS[C]1[CH][CH][CH][C]1[C@@H](C)N(C)C)N(C)C. The van der Waals surface area contributed by atoms with E-state index >= 15 is 0 Å². The lowest BCUT2D eigenvalue weighted by Gasteiger charge is -2.31. The minimum atomic E-state index is 0.443. The standard InChI is InChI=1S/C18H26N2S2/c1-13(19(3)4)15-9-7-11-17(15)21-22-18-12-8-10-16(18)14(2)20(5)6/h7-14H,1-6H3/t13-,14-/m1/s1. The van der Waals surface area contributed by atoms with Gasteiger partial charge in [-0.1, -0.05) is 21.6 Å². The predicted octanol–water partition coefficient (Wildman–Crippen LogP) is 3.73. The molecule has 0 spiro atoms. The van der Waals surface area contributed by atoms with Crippen LogP contribution in [-0.4, -0.2) is 50.1 Å². The topological polar surface area (TPSA) is 6.48 Å². The quantitative estimate of drug-likeness (QED) is 0.654. The van der Waals surface area contributed by atoms with Crippen LogP contribution in [0.5, 0.6) is 0 Å². The van der Waals surface area contributed by atoms with Crippen LogP contribution in [0.4, 0.5) is 0 Å². The third-order valence-electron chi connectivity index (χ3n) is 4.29. The molecule has 0 aliphatic heterocycles. The Morgan fingerprint density at radius 2 is 1.05 bits per heavy atom. The second-order valence-electron chi connectivity index (χ2n) is 6.14. The van der Waals surface area contributed by atoms with E-state index in [9.17, 15) is 0 Å². The maximum absolute atomic E-state index is 2.26. The summed E-state index contributed by atoms with van der Waals surface area (Å²) in [4.78, 5) is 4.51. The molecule has 0 aromatic heterocycles. The third-order valence-corrected chi connectivity index (χ3v) is 6.80. The monoisotopic (exact) mass is 334 g/mol. The Hall–Kier alpha value is 0.620. The van der Waals surface area contributed by atoms with Crippen molar-refractivity contribution in [1.29, 1.82) is 0 Å². The number of hydrogen-bond acceptors (Lipinski definition) is 4. The van der Waals surface area contributed by atoms with Crippen LogP contribution in [0.3, 0.4) is 0 Å². The van der Waals surface area contributed by atoms with E-state index in [0.717, 1.165) is 0 Å². The van der Waals surface area contributed by atoms with Gasteiger partial charge in [-0.2, -0.15) is 0 Å². The van der Waals surface area contributed by atoms with Gasteiger partial charge in [-0.05, 0) is 80.6 Å². The highest BCUT2D eigenvalue weighted by Gasteiger charge is 2.39. The normalized spacial score (nSPS) is 25.6. The smallest absolute Gasteiger partial charge is 0.0542 e. The maximum Gasteiger partial charge on any atom is 0.0542 e. The van der Waals surface area contributed by atoms with E-state index in [1.165, 1.54) is 22.3 Å². The molecule has 2 rings (SSSR count). The van der Waals surface area contributed by atoms with Crippen molar-refractivity contribution >= 4 is 21.6 Å². The van der Waals surface area contributed by atoms with E-state index < -0.39 is 0 Å². The van der Waals surface area contributed by atoms with E-state index in [1.807, 2.05) is 21.6 Å². The molecule has 2 saturated carbocycles. The first-order valence-electron chi connectivity index (χ1n) is 7.60. The van der Waals surface area contributed by atoms with Crippen LogP contribution < -0.4 is 0 Å². The van der Waals surface area contributed by atoms with Crippen molar-refractivity contribution in [2.75, 3.05) is 28.2 Å². The van der Waals surface area contributed by atoms with E-state index in [0.29, 0.717) is 12.1 Å². The molecule has 4 heteroatoms. The molecule has 0 heterocycles. The minimum Gasteiger partial charge on any atom is -0.306 e. The Bertz CT molecular complexity index is 303. The second-order valence-corrected chi connectivity index (χ2v) is 8.35. The molecule has 0 N–H and O–H groups in total. The number of nitrogens with zero attached hydrogens (tertiary/aromatic N) is 2. The van der Waals surface area contributed by atoms with Crippen molar-refractivity contribution in [2.24, 2.45) is 0 Å². The minimum absolute atomic E-state index is 0.443. The van der Waals surface area contributed by atoms with Gasteiger partial charge in [0, 0.05) is 23.9 Å². The van der Waals surface area contributed by atoms with E-state index in [1.54, 1.807) is 0 Å². The van der Waals surface area contributed by atoms with Crippen LogP contribution in [0.25, 0.3) is 0 Å². The Morgan fingerprint density at radius 3 is 1.36 bits per heavy atom. The zero-order chi connectivity index (χ0) is 16.3. The van der Waals surface area contributed by atoms with Gasteiger partial charge >= 0.3 is 0 Å². The zero-order valence-corrected chi connectivity index (χ0v) is 16.0. The lowest BCUT2D eigenvalue weighted by molar-refractivity contribution is 0.333. The molecule has 2 aliphatic carbocycles. The van der Waals surface area contributed by atoms with Crippen LogP contribution in [-0.2, 0) is 0 Å². The van der Waals surface area contributed by atoms with Gasteiger partial charge in [0.2, 0.25) is 0 Å². The highest BCUT2D eigenvalue weighted by molar-refractivity contribution is 8.79. The predicted molar refractivity (Wildman–Crippen MR) is 100 cm³/mol. The van der Waals surface area contributed by atoms with E-state index in [2.05, 4.69) is 90.4 Å². The van der Waals surface area contributed by atoms with E-state index in [4.69, 9.17) is 0 Å². The largest absolute Gasteiger partial charge is 0.306 e. The zero-order valence-electron chi connectivity index (χ0n) is 14.3. The van der Waals surface area contributed by atoms with Crippen LogP contribution in [0.2, 0.25) is 0 Å². The first-order chi connectivity index (χ1) is 10.4. The van der Waals surface area contributed by atoms with Gasteiger partial charge in [-0.15, -0.1) is 0 Å². The fourth-order valence-corrected chi connectivity index (χ4v) is 4.89. The molecule has 2 atom stereocenters. The summed E-state index contributed by atoms with van der Waals surface area (Å²) in [6, 6.07) is 0.885. The molecule has 2 fully saturated rings. The van der Waals surface area contributed by atoms with Crippen LogP contribution in [0, 0.1) is 60.9 Å². The molecule has 2 nitrogen and oxygen atoms in total. The Morgan fingerprint density at radius 1 is 0.682 bits per heavy atom. The molecule has 120 valence electrons. The summed E-state index contributed by atoms with van der Waals surface area (Å²) in [5, 5.41) is 2.74. The maximum atomic E-state index is 2.26. The summed E-state index contributed by atoms with van der Waals surface area (Å²) >= 11 is 0. The number of hydrogen-bond donors (Lipinski definition) is 0. The average molecular weight is 335 g/mol. The van der Waals surface area contributed by atoms with Gasteiger partial charge in [-0.3, -0.25) is 0 Å². The highest BCUT2D eigenvalue weighted by atomic mass is 33.1. The summed E-state index contributed by atoms with van der Waals surface area (Å²) in [7, 11) is 12.3. The summed E-state index contributed by atoms with van der Waals surface area (Å²) in [5.74, 6) is 2.83. The van der Waals surface area contributed by atoms with Crippen molar-refractivity contribution in [2.45, 2.75) is 25.9 Å². The Labute approximate surface area is 146 Å². The van der Waals surface area contributed by atoms with Gasteiger partial charge in [-0.25, -0.2) is 0 Å². The Balaban J connectivity index is 1.86. The molecule has 0 unspecified atom stereocenters. The summed E-state index contributed by atoms with van der Waals surface area (Å²) in [5.41, 5.74) is 0. The molecule has 22 heavy (non-hydrogen) atoms. The van der Waals surface area contributed by atoms with Crippen LogP contribution in [0.1, 0.15) is 13.8 Å². The summed E-state index contributed by atoms with van der Waals surface area (Å²) in [6.45, 7) is 4.51. The molecule has 0 saturated heterocycles. The fourth-order valence-electron chi connectivity index (χ4n) is 2.32. The fraction of sp³-hybridized carbons (Fsp3) is 0.444. The molecule has 0 amide bonds. The average Bonchev–Trinajstić information content (AvgIpc) is 3.11. The van der Waals surface area contributed by atoms with Crippen LogP contribution >= 0.6 is 21.6 Å². The van der Waals surface area contributed by atoms with Gasteiger partial charge in [0.05, 0.1) is 10.5 Å². The van der Waals surface area contributed by atoms with Crippen molar-refractivity contribution < 1.29 is 0 Å². The second kappa shape index (κ2) is 8.64. The molecular formula is C18H26N2S2. The van der Waals surface area contributed by atoms with Crippen molar-refractivity contribution in [3.63, 3.8) is 0 Å². The summed E-state index contributed by atoms with van der Waals surface area (Å²) < 4.78 is 0. The van der Waals surface area contributed by atoms with Gasteiger partial charge < -0.3 is 9.80 Å². The lowest BCUT2D eigenvalue weighted by atomic mass is 9.99. The first kappa shape index (κ1) is 19.0. The number of rotatable bonds is 7.